The first-order valence-electron chi connectivity index (χ1n) is 4.41. The number of ether oxygens (including phenoxy) is 1. The van der Waals surface area contributed by atoms with Crippen LogP contribution in [0.25, 0.3) is 0 Å². The summed E-state index contributed by atoms with van der Waals surface area (Å²) >= 11 is 3.44. The van der Waals surface area contributed by atoms with Crippen molar-refractivity contribution in [3.63, 3.8) is 0 Å². The Morgan fingerprint density at radius 2 is 2.08 bits per heavy atom. The van der Waals surface area contributed by atoms with E-state index in [2.05, 4.69) is 22.0 Å². The maximum atomic E-state index is 5.63. The van der Waals surface area contributed by atoms with Crippen LogP contribution in [-0.4, -0.2) is 6.61 Å². The van der Waals surface area contributed by atoms with Gasteiger partial charge < -0.3 is 4.74 Å². The van der Waals surface area contributed by atoms with Gasteiger partial charge >= 0.3 is 0 Å². The van der Waals surface area contributed by atoms with Crippen molar-refractivity contribution in [1.82, 2.24) is 0 Å². The topological polar surface area (TPSA) is 9.23 Å². The minimum atomic E-state index is 0.739. The molecule has 0 saturated carbocycles. The minimum absolute atomic E-state index is 0.739. The number of hydrogen-bond donors (Lipinski definition) is 0. The number of allylic oxidation sites excluding steroid dienone is 1. The molecule has 0 fully saturated rings. The molecule has 0 unspecified atom stereocenters. The summed E-state index contributed by atoms with van der Waals surface area (Å²) in [6.07, 6.45) is 4.65. The van der Waals surface area contributed by atoms with Crippen LogP contribution in [0.2, 0.25) is 0 Å². The quantitative estimate of drug-likeness (QED) is 0.733. The van der Waals surface area contributed by atoms with Crippen molar-refractivity contribution in [3.05, 3.63) is 40.4 Å². The van der Waals surface area contributed by atoms with Gasteiger partial charge in [0.2, 0.25) is 0 Å². The molecule has 0 atom stereocenters. The molecule has 0 spiro atoms. The van der Waals surface area contributed by atoms with Gasteiger partial charge in [-0.3, -0.25) is 0 Å². The zero-order chi connectivity index (χ0) is 9.10. The molecular formula is C11H11BrO. The summed E-state index contributed by atoms with van der Waals surface area (Å²) in [6.45, 7) is 0.739. The Hall–Kier alpha value is -0.760. The third-order valence-corrected chi connectivity index (χ3v) is 2.80. The van der Waals surface area contributed by atoms with Crippen LogP contribution >= 0.6 is 15.9 Å². The molecule has 0 N–H and O–H groups in total. The average Bonchev–Trinajstić information content (AvgIpc) is 2.05. The molecule has 1 aliphatic rings. The summed E-state index contributed by atoms with van der Waals surface area (Å²) in [6, 6.07) is 7.93. The van der Waals surface area contributed by atoms with Crippen LogP contribution in [-0.2, 0) is 0 Å². The maximum absolute atomic E-state index is 5.63. The lowest BCUT2D eigenvalue weighted by atomic mass is 10.0. The second-order valence-electron chi connectivity index (χ2n) is 3.12. The van der Waals surface area contributed by atoms with Gasteiger partial charge in [-0.1, -0.05) is 18.2 Å². The monoisotopic (exact) mass is 238 g/mol. The Kier molecular flexibility index (Phi) is 2.69. The highest BCUT2D eigenvalue weighted by molar-refractivity contribution is 9.10. The predicted octanol–water partition coefficient (Wildman–Crippen LogP) is 3.55. The first-order chi connectivity index (χ1) is 6.36. The summed E-state index contributed by atoms with van der Waals surface area (Å²) in [7, 11) is 0. The van der Waals surface area contributed by atoms with E-state index in [9.17, 15) is 0 Å². The Balaban J connectivity index is 1.97. The Morgan fingerprint density at radius 3 is 2.69 bits per heavy atom. The SMILES string of the molecule is Brc1ccccc1OCC1=CCC1. The largest absolute Gasteiger partial charge is 0.488 e. The Labute approximate surface area is 86.5 Å². The fourth-order valence-electron chi connectivity index (χ4n) is 1.21. The van der Waals surface area contributed by atoms with E-state index in [4.69, 9.17) is 4.74 Å². The molecular weight excluding hydrogens is 228 g/mol. The molecule has 1 nitrogen and oxygen atoms in total. The third kappa shape index (κ3) is 2.13. The molecule has 0 bridgehead atoms. The lowest BCUT2D eigenvalue weighted by molar-refractivity contribution is 0.340. The van der Waals surface area contributed by atoms with Gasteiger partial charge in [-0.05, 0) is 46.5 Å². The smallest absolute Gasteiger partial charge is 0.133 e. The molecule has 68 valence electrons. The van der Waals surface area contributed by atoms with E-state index in [0.717, 1.165) is 16.8 Å². The zero-order valence-electron chi connectivity index (χ0n) is 7.29. The molecule has 1 aliphatic carbocycles. The second-order valence-corrected chi connectivity index (χ2v) is 3.97. The van der Waals surface area contributed by atoms with Gasteiger partial charge in [-0.15, -0.1) is 0 Å². The first-order valence-corrected chi connectivity index (χ1v) is 5.21. The lowest BCUT2D eigenvalue weighted by Gasteiger charge is -2.15. The molecule has 0 saturated heterocycles. The summed E-state index contributed by atoms with van der Waals surface area (Å²) in [5.74, 6) is 0.926. The maximum Gasteiger partial charge on any atom is 0.133 e. The number of rotatable bonds is 3. The van der Waals surface area contributed by atoms with E-state index in [1.807, 2.05) is 24.3 Å². The molecule has 0 radical (unpaired) electrons. The number of para-hydroxylation sites is 1. The fourth-order valence-corrected chi connectivity index (χ4v) is 1.61. The van der Waals surface area contributed by atoms with Crippen LogP contribution < -0.4 is 4.74 Å². The van der Waals surface area contributed by atoms with Gasteiger partial charge in [0.1, 0.15) is 12.4 Å². The first kappa shape index (κ1) is 8.82. The average molecular weight is 239 g/mol. The minimum Gasteiger partial charge on any atom is -0.488 e. The molecule has 2 rings (SSSR count). The van der Waals surface area contributed by atoms with Crippen molar-refractivity contribution >= 4 is 15.9 Å². The molecule has 13 heavy (non-hydrogen) atoms. The highest BCUT2D eigenvalue weighted by Gasteiger charge is 2.06. The van der Waals surface area contributed by atoms with E-state index in [1.54, 1.807) is 0 Å². The van der Waals surface area contributed by atoms with Crippen molar-refractivity contribution in [1.29, 1.82) is 0 Å². The van der Waals surface area contributed by atoms with Crippen LogP contribution in [0, 0.1) is 0 Å². The van der Waals surface area contributed by atoms with Crippen molar-refractivity contribution in [2.75, 3.05) is 6.61 Å². The van der Waals surface area contributed by atoms with Crippen LogP contribution in [0.3, 0.4) is 0 Å². The van der Waals surface area contributed by atoms with E-state index in [-0.39, 0.29) is 0 Å². The Bertz CT molecular complexity index is 331. The van der Waals surface area contributed by atoms with Gasteiger partial charge in [0.05, 0.1) is 4.47 Å². The number of benzene rings is 1. The van der Waals surface area contributed by atoms with Gasteiger partial charge in [-0.25, -0.2) is 0 Å². The summed E-state index contributed by atoms with van der Waals surface area (Å²) in [5, 5.41) is 0. The zero-order valence-corrected chi connectivity index (χ0v) is 8.88. The standard InChI is InChI=1S/C11H11BrO/c12-10-6-1-2-7-11(10)13-8-9-4-3-5-9/h1-2,4,6-7H,3,5,8H2. The van der Waals surface area contributed by atoms with Crippen LogP contribution in [0.1, 0.15) is 12.8 Å². The van der Waals surface area contributed by atoms with E-state index < -0.39 is 0 Å². The van der Waals surface area contributed by atoms with Gasteiger partial charge in [0, 0.05) is 0 Å². The van der Waals surface area contributed by atoms with Crippen molar-refractivity contribution < 1.29 is 4.74 Å². The molecule has 2 heteroatoms. The normalized spacial score (nSPS) is 14.7. The van der Waals surface area contributed by atoms with Crippen molar-refractivity contribution in [3.8, 4) is 5.75 Å². The Morgan fingerprint density at radius 1 is 1.31 bits per heavy atom. The molecule has 1 aromatic carbocycles. The molecule has 0 amide bonds. The van der Waals surface area contributed by atoms with Gasteiger partial charge in [0.25, 0.3) is 0 Å². The van der Waals surface area contributed by atoms with Gasteiger partial charge in [0.15, 0.2) is 0 Å². The lowest BCUT2D eigenvalue weighted by Crippen LogP contribution is -2.06. The molecule has 0 heterocycles. The van der Waals surface area contributed by atoms with Crippen molar-refractivity contribution in [2.24, 2.45) is 0 Å². The summed E-state index contributed by atoms with van der Waals surface area (Å²) < 4.78 is 6.65. The highest BCUT2D eigenvalue weighted by atomic mass is 79.9. The predicted molar refractivity (Wildman–Crippen MR) is 57.0 cm³/mol. The van der Waals surface area contributed by atoms with Crippen LogP contribution in [0.4, 0.5) is 0 Å². The number of halogens is 1. The molecule has 1 aromatic rings. The van der Waals surface area contributed by atoms with E-state index in [1.165, 1.54) is 18.4 Å². The highest BCUT2D eigenvalue weighted by Crippen LogP contribution is 2.26. The van der Waals surface area contributed by atoms with Crippen molar-refractivity contribution in [2.45, 2.75) is 12.8 Å². The fraction of sp³-hybridized carbons (Fsp3) is 0.273. The van der Waals surface area contributed by atoms with E-state index >= 15 is 0 Å². The van der Waals surface area contributed by atoms with E-state index in [0.29, 0.717) is 0 Å². The number of hydrogen-bond acceptors (Lipinski definition) is 1. The second kappa shape index (κ2) is 3.97. The summed E-state index contributed by atoms with van der Waals surface area (Å²) in [5.41, 5.74) is 1.41. The van der Waals surface area contributed by atoms with Crippen LogP contribution in [0.5, 0.6) is 5.75 Å². The molecule has 0 aliphatic heterocycles. The third-order valence-electron chi connectivity index (χ3n) is 2.15. The van der Waals surface area contributed by atoms with Gasteiger partial charge in [-0.2, -0.15) is 0 Å². The molecule has 0 aromatic heterocycles. The summed E-state index contributed by atoms with van der Waals surface area (Å²) in [4.78, 5) is 0. The van der Waals surface area contributed by atoms with Crippen LogP contribution in [0.15, 0.2) is 40.4 Å².